The monoisotopic (exact) mass is 332 g/mol. The first-order valence-electron chi connectivity index (χ1n) is 7.48. The highest BCUT2D eigenvalue weighted by atomic mass is 16.6. The highest BCUT2D eigenvalue weighted by Crippen LogP contribution is 2.25. The lowest BCUT2D eigenvalue weighted by Crippen LogP contribution is -2.34. The van der Waals surface area contributed by atoms with Crippen LogP contribution in [0.25, 0.3) is 10.9 Å². The summed E-state index contributed by atoms with van der Waals surface area (Å²) < 4.78 is 10.7. The number of alkyl carbamates (subject to hydrolysis) is 1. The van der Waals surface area contributed by atoms with Gasteiger partial charge >= 0.3 is 12.1 Å². The molecule has 24 heavy (non-hydrogen) atoms. The molecule has 0 unspecified atom stereocenters. The minimum atomic E-state index is -1.04. The Bertz CT molecular complexity index is 752. The molecule has 0 aliphatic heterocycles. The topological polar surface area (TPSA) is 97.8 Å². The lowest BCUT2D eigenvalue weighted by atomic mass is 10.1. The Labute approximate surface area is 139 Å². The number of carbonyl (C=O) groups excluding carboxylic acids is 1. The summed E-state index contributed by atoms with van der Waals surface area (Å²) in [4.78, 5) is 27.0. The van der Waals surface area contributed by atoms with E-state index >= 15 is 0 Å². The van der Waals surface area contributed by atoms with Crippen molar-refractivity contribution in [1.82, 2.24) is 10.3 Å². The molecule has 0 atom stereocenters. The van der Waals surface area contributed by atoms with Gasteiger partial charge in [0.2, 0.25) is 0 Å². The van der Waals surface area contributed by atoms with Crippen molar-refractivity contribution in [2.24, 2.45) is 0 Å². The van der Waals surface area contributed by atoms with Crippen molar-refractivity contribution in [2.45, 2.75) is 26.4 Å². The number of nitrogens with one attached hydrogen (secondary N) is 1. The maximum atomic E-state index is 11.5. The molecule has 0 radical (unpaired) electrons. The van der Waals surface area contributed by atoms with E-state index in [1.165, 1.54) is 12.1 Å². The van der Waals surface area contributed by atoms with Gasteiger partial charge in [-0.3, -0.25) is 4.98 Å². The zero-order chi connectivity index (χ0) is 17.7. The van der Waals surface area contributed by atoms with E-state index in [1.54, 1.807) is 39.1 Å². The fourth-order valence-electron chi connectivity index (χ4n) is 2.02. The molecular weight excluding hydrogens is 312 g/mol. The predicted octanol–water partition coefficient (Wildman–Crippen LogP) is 2.84. The lowest BCUT2D eigenvalue weighted by molar-refractivity contribution is 0.0520. The molecule has 128 valence electrons. The predicted molar refractivity (Wildman–Crippen MR) is 88.4 cm³/mol. The Kier molecular flexibility index (Phi) is 5.23. The molecule has 0 saturated heterocycles. The molecule has 0 fully saturated rings. The molecule has 2 rings (SSSR count). The van der Waals surface area contributed by atoms with Crippen LogP contribution in [0, 0.1) is 0 Å². The van der Waals surface area contributed by atoms with Crippen LogP contribution in [0.4, 0.5) is 4.79 Å². The molecule has 0 spiro atoms. The summed E-state index contributed by atoms with van der Waals surface area (Å²) in [6.45, 7) is 5.71. The number of ether oxygens (including phenoxy) is 2. The zero-order valence-electron chi connectivity index (χ0n) is 13.8. The van der Waals surface area contributed by atoms with Crippen LogP contribution >= 0.6 is 0 Å². The van der Waals surface area contributed by atoms with Crippen LogP contribution in [-0.4, -0.2) is 40.9 Å². The molecule has 7 heteroatoms. The molecule has 7 nitrogen and oxygen atoms in total. The zero-order valence-corrected chi connectivity index (χ0v) is 13.8. The molecular formula is C17H20N2O5. The molecule has 0 bridgehead atoms. The van der Waals surface area contributed by atoms with Gasteiger partial charge < -0.3 is 19.9 Å². The molecule has 1 aromatic carbocycles. The third-order valence-corrected chi connectivity index (χ3v) is 2.94. The van der Waals surface area contributed by atoms with Gasteiger partial charge in [-0.15, -0.1) is 0 Å². The quantitative estimate of drug-likeness (QED) is 0.817. The number of hydrogen-bond donors (Lipinski definition) is 2. The number of amides is 1. The van der Waals surface area contributed by atoms with Gasteiger partial charge in [0.15, 0.2) is 0 Å². The Balaban J connectivity index is 2.02. The standard InChI is InChI=1S/C17H20N2O5/c1-17(2,3)24-16(22)19-7-8-23-13-10-12(15(20)21)9-11-5-4-6-18-14(11)13/h4-6,9-10H,7-8H2,1-3H3,(H,19,22)(H,20,21). The van der Waals surface area contributed by atoms with Crippen molar-refractivity contribution in [3.05, 3.63) is 36.0 Å². The van der Waals surface area contributed by atoms with E-state index in [1.807, 2.05) is 0 Å². The van der Waals surface area contributed by atoms with Crippen LogP contribution in [0.3, 0.4) is 0 Å². The Hall–Kier alpha value is -2.83. The first-order valence-corrected chi connectivity index (χ1v) is 7.48. The van der Waals surface area contributed by atoms with E-state index in [2.05, 4.69) is 10.3 Å². The molecule has 1 aromatic heterocycles. The Morgan fingerprint density at radius 3 is 2.71 bits per heavy atom. The van der Waals surface area contributed by atoms with Gasteiger partial charge in [-0.05, 0) is 39.0 Å². The number of hydrogen-bond acceptors (Lipinski definition) is 5. The first-order chi connectivity index (χ1) is 11.3. The lowest BCUT2D eigenvalue weighted by Gasteiger charge is -2.19. The molecule has 2 N–H and O–H groups in total. The summed E-state index contributed by atoms with van der Waals surface area (Å²) in [5.74, 6) is -0.686. The summed E-state index contributed by atoms with van der Waals surface area (Å²) in [6, 6.07) is 6.45. The molecule has 0 saturated carbocycles. The van der Waals surface area contributed by atoms with Crippen LogP contribution in [-0.2, 0) is 4.74 Å². The van der Waals surface area contributed by atoms with Crippen molar-refractivity contribution in [3.63, 3.8) is 0 Å². The largest absolute Gasteiger partial charge is 0.489 e. The maximum Gasteiger partial charge on any atom is 0.407 e. The summed E-state index contributed by atoms with van der Waals surface area (Å²) in [5, 5.41) is 12.4. The van der Waals surface area contributed by atoms with E-state index in [-0.39, 0.29) is 18.7 Å². The average molecular weight is 332 g/mol. The second-order valence-corrected chi connectivity index (χ2v) is 6.13. The molecule has 0 aliphatic rings. The van der Waals surface area contributed by atoms with Gasteiger partial charge in [-0.2, -0.15) is 0 Å². The van der Waals surface area contributed by atoms with Crippen LogP contribution in [0.5, 0.6) is 5.75 Å². The Morgan fingerprint density at radius 2 is 2.04 bits per heavy atom. The first kappa shape index (κ1) is 17.5. The second-order valence-electron chi connectivity index (χ2n) is 6.13. The van der Waals surface area contributed by atoms with Crippen LogP contribution < -0.4 is 10.1 Å². The number of aromatic nitrogens is 1. The average Bonchev–Trinajstić information content (AvgIpc) is 2.49. The van der Waals surface area contributed by atoms with Gasteiger partial charge in [0.25, 0.3) is 0 Å². The number of carboxylic acid groups (broad SMARTS) is 1. The number of nitrogens with zero attached hydrogens (tertiary/aromatic N) is 1. The SMILES string of the molecule is CC(C)(C)OC(=O)NCCOc1cc(C(=O)O)cc2cccnc12. The van der Waals surface area contributed by atoms with Crippen molar-refractivity contribution in [3.8, 4) is 5.75 Å². The number of aromatic carboxylic acids is 1. The number of pyridine rings is 1. The van der Waals surface area contributed by atoms with Crippen LogP contribution in [0.1, 0.15) is 31.1 Å². The van der Waals surface area contributed by atoms with E-state index < -0.39 is 17.7 Å². The van der Waals surface area contributed by atoms with Gasteiger partial charge in [0, 0.05) is 11.6 Å². The highest BCUT2D eigenvalue weighted by Gasteiger charge is 2.16. The summed E-state index contributed by atoms with van der Waals surface area (Å²) >= 11 is 0. The van der Waals surface area contributed by atoms with E-state index in [4.69, 9.17) is 9.47 Å². The fraction of sp³-hybridized carbons (Fsp3) is 0.353. The molecule has 0 aliphatic carbocycles. The summed E-state index contributed by atoms with van der Waals surface area (Å²) in [6.07, 6.45) is 1.07. The van der Waals surface area contributed by atoms with E-state index in [0.29, 0.717) is 16.7 Å². The van der Waals surface area contributed by atoms with Crippen molar-refractivity contribution in [2.75, 3.05) is 13.2 Å². The van der Waals surface area contributed by atoms with Gasteiger partial charge in [0.05, 0.1) is 12.1 Å². The second kappa shape index (κ2) is 7.16. The smallest absolute Gasteiger partial charge is 0.407 e. The number of rotatable bonds is 5. The van der Waals surface area contributed by atoms with Crippen LogP contribution in [0.2, 0.25) is 0 Å². The van der Waals surface area contributed by atoms with Crippen molar-refractivity contribution >= 4 is 23.0 Å². The fourth-order valence-corrected chi connectivity index (χ4v) is 2.02. The van der Waals surface area contributed by atoms with Crippen molar-refractivity contribution < 1.29 is 24.2 Å². The number of carbonyl (C=O) groups is 2. The third-order valence-electron chi connectivity index (χ3n) is 2.94. The summed E-state index contributed by atoms with van der Waals surface area (Å²) in [5.41, 5.74) is 0.117. The Morgan fingerprint density at radius 1 is 1.29 bits per heavy atom. The highest BCUT2D eigenvalue weighted by molar-refractivity contribution is 5.96. The van der Waals surface area contributed by atoms with Crippen molar-refractivity contribution in [1.29, 1.82) is 0 Å². The van der Waals surface area contributed by atoms with Gasteiger partial charge in [-0.25, -0.2) is 9.59 Å². The number of fused-ring (bicyclic) bond motifs is 1. The maximum absolute atomic E-state index is 11.5. The van der Waals surface area contributed by atoms with E-state index in [9.17, 15) is 14.7 Å². The molecule has 2 aromatic rings. The van der Waals surface area contributed by atoms with Gasteiger partial charge in [-0.1, -0.05) is 6.07 Å². The molecule has 1 amide bonds. The number of carboxylic acids is 1. The summed E-state index contributed by atoms with van der Waals surface area (Å²) in [7, 11) is 0. The third kappa shape index (κ3) is 4.84. The normalized spacial score (nSPS) is 11.1. The minimum absolute atomic E-state index is 0.116. The van der Waals surface area contributed by atoms with Crippen LogP contribution in [0.15, 0.2) is 30.5 Å². The number of benzene rings is 1. The molecule has 1 heterocycles. The van der Waals surface area contributed by atoms with Gasteiger partial charge in [0.1, 0.15) is 23.5 Å². The van der Waals surface area contributed by atoms with E-state index in [0.717, 1.165) is 0 Å². The minimum Gasteiger partial charge on any atom is -0.489 e.